The number of aromatic nitrogens is 1. The molecule has 3 N–H and O–H groups in total. The number of piperidine rings is 1. The molecule has 7 nitrogen and oxygen atoms in total. The lowest BCUT2D eigenvalue weighted by Crippen LogP contribution is -2.41. The van der Waals surface area contributed by atoms with E-state index >= 15 is 0 Å². The van der Waals surface area contributed by atoms with Gasteiger partial charge in [0.1, 0.15) is 10.8 Å². The van der Waals surface area contributed by atoms with Crippen molar-refractivity contribution < 1.29 is 14.3 Å². The number of nitrogens with two attached hydrogens (primary N) is 1. The van der Waals surface area contributed by atoms with Crippen LogP contribution in [-0.4, -0.2) is 35.5 Å². The lowest BCUT2D eigenvalue weighted by molar-refractivity contribution is 0.0997. The summed E-state index contributed by atoms with van der Waals surface area (Å²) >= 11 is 1.56. The average molecular weight is 360 g/mol. The summed E-state index contributed by atoms with van der Waals surface area (Å²) < 4.78 is 5.12. The summed E-state index contributed by atoms with van der Waals surface area (Å²) in [4.78, 5) is 30.5. The second-order valence-electron chi connectivity index (χ2n) is 5.78. The molecular weight excluding hydrogens is 340 g/mol. The Balaban J connectivity index is 1.79. The number of methoxy groups -OCH3 is 1. The molecule has 0 bridgehead atoms. The van der Waals surface area contributed by atoms with Crippen LogP contribution in [0.3, 0.4) is 0 Å². The van der Waals surface area contributed by atoms with Gasteiger partial charge in [0.05, 0.1) is 18.7 Å². The number of hydrogen-bond acceptors (Lipinski definition) is 5. The Bertz CT molecular complexity index is 763. The topological polar surface area (TPSA) is 97.6 Å². The van der Waals surface area contributed by atoms with Gasteiger partial charge in [-0.05, 0) is 37.5 Å². The Labute approximate surface area is 149 Å². The largest absolute Gasteiger partial charge is 0.496 e. The van der Waals surface area contributed by atoms with Gasteiger partial charge in [-0.25, -0.2) is 9.78 Å². The second kappa shape index (κ2) is 7.52. The molecule has 132 valence electrons. The van der Waals surface area contributed by atoms with Crippen molar-refractivity contribution in [3.8, 4) is 5.75 Å². The summed E-state index contributed by atoms with van der Waals surface area (Å²) in [5, 5.41) is 5.72. The van der Waals surface area contributed by atoms with Crippen molar-refractivity contribution in [2.45, 2.75) is 25.3 Å². The fourth-order valence-corrected chi connectivity index (χ4v) is 3.79. The van der Waals surface area contributed by atoms with Gasteiger partial charge in [0.25, 0.3) is 5.91 Å². The molecule has 3 rings (SSSR count). The van der Waals surface area contributed by atoms with E-state index in [2.05, 4.69) is 10.3 Å². The van der Waals surface area contributed by atoms with Crippen molar-refractivity contribution in [2.24, 2.45) is 5.73 Å². The molecule has 0 saturated carbocycles. The molecule has 1 fully saturated rings. The predicted molar refractivity (Wildman–Crippen MR) is 95.9 cm³/mol. The van der Waals surface area contributed by atoms with E-state index in [1.165, 1.54) is 13.2 Å². The lowest BCUT2D eigenvalue weighted by Gasteiger charge is -2.34. The van der Waals surface area contributed by atoms with Gasteiger partial charge >= 0.3 is 6.03 Å². The van der Waals surface area contributed by atoms with Gasteiger partial charge in [0.15, 0.2) is 0 Å². The Morgan fingerprint density at radius 2 is 2.24 bits per heavy atom. The van der Waals surface area contributed by atoms with Crippen molar-refractivity contribution >= 4 is 29.0 Å². The summed E-state index contributed by atoms with van der Waals surface area (Å²) in [6.07, 6.45) is 4.69. The van der Waals surface area contributed by atoms with Crippen LogP contribution in [0, 0.1) is 0 Å². The van der Waals surface area contributed by atoms with E-state index in [1.54, 1.807) is 34.6 Å². The highest BCUT2D eigenvalue weighted by Gasteiger charge is 2.29. The zero-order valence-corrected chi connectivity index (χ0v) is 14.7. The Morgan fingerprint density at radius 3 is 2.92 bits per heavy atom. The first-order valence-electron chi connectivity index (χ1n) is 8.05. The minimum atomic E-state index is -0.605. The summed E-state index contributed by atoms with van der Waals surface area (Å²) in [6, 6.07) is 4.61. The molecule has 1 aromatic carbocycles. The van der Waals surface area contributed by atoms with Gasteiger partial charge in [-0.15, -0.1) is 11.3 Å². The van der Waals surface area contributed by atoms with Crippen molar-refractivity contribution in [3.05, 3.63) is 40.3 Å². The molecule has 8 heteroatoms. The van der Waals surface area contributed by atoms with Gasteiger partial charge in [0, 0.05) is 23.8 Å². The number of nitrogens with zero attached hydrogens (tertiary/aromatic N) is 2. The zero-order valence-electron chi connectivity index (χ0n) is 13.9. The highest BCUT2D eigenvalue weighted by molar-refractivity contribution is 7.09. The van der Waals surface area contributed by atoms with Crippen molar-refractivity contribution in [3.63, 3.8) is 0 Å². The molecule has 0 radical (unpaired) electrons. The number of likely N-dealkylation sites (tertiary alicyclic amines) is 1. The molecule has 1 aliphatic rings. The van der Waals surface area contributed by atoms with E-state index in [0.29, 0.717) is 18.0 Å². The number of nitrogens with one attached hydrogen (secondary N) is 1. The van der Waals surface area contributed by atoms with Gasteiger partial charge < -0.3 is 20.7 Å². The molecular formula is C17H20N4O3S. The maximum atomic E-state index is 12.8. The fourth-order valence-electron chi connectivity index (χ4n) is 3.00. The first kappa shape index (κ1) is 17.2. The van der Waals surface area contributed by atoms with Gasteiger partial charge in [-0.1, -0.05) is 0 Å². The Kier molecular flexibility index (Phi) is 5.18. The fraction of sp³-hybridized carbons (Fsp3) is 0.353. The number of rotatable bonds is 4. The number of benzene rings is 1. The number of anilines is 1. The number of urea groups is 1. The quantitative estimate of drug-likeness (QED) is 0.876. The number of hydrogen-bond donors (Lipinski definition) is 2. The summed E-state index contributed by atoms with van der Waals surface area (Å²) in [7, 11) is 1.46. The van der Waals surface area contributed by atoms with Crippen LogP contribution < -0.4 is 15.8 Å². The molecule has 0 unspecified atom stereocenters. The molecule has 0 spiro atoms. The minimum absolute atomic E-state index is 0.0115. The van der Waals surface area contributed by atoms with Crippen molar-refractivity contribution in [1.82, 2.24) is 9.88 Å². The highest BCUT2D eigenvalue weighted by Crippen LogP contribution is 2.32. The zero-order chi connectivity index (χ0) is 17.8. The SMILES string of the molecule is COc1ccc(NC(=O)N2CCCC[C@H]2c2nccs2)cc1C(N)=O. The van der Waals surface area contributed by atoms with Crippen LogP contribution >= 0.6 is 11.3 Å². The number of carbonyl (C=O) groups excluding carboxylic acids is 2. The van der Waals surface area contributed by atoms with Crippen molar-refractivity contribution in [2.75, 3.05) is 19.0 Å². The van der Waals surface area contributed by atoms with E-state index in [1.807, 2.05) is 5.38 Å². The molecule has 2 aromatic rings. The van der Waals surface area contributed by atoms with Crippen LogP contribution in [0.25, 0.3) is 0 Å². The summed E-state index contributed by atoms with van der Waals surface area (Å²) in [5.41, 5.74) is 6.10. The van der Waals surface area contributed by atoms with Gasteiger partial charge in [0.2, 0.25) is 0 Å². The van der Waals surface area contributed by atoms with Crippen molar-refractivity contribution in [1.29, 1.82) is 0 Å². The average Bonchev–Trinajstić information content (AvgIpc) is 3.16. The minimum Gasteiger partial charge on any atom is -0.496 e. The molecule has 25 heavy (non-hydrogen) atoms. The van der Waals surface area contributed by atoms with Crippen LogP contribution in [0.5, 0.6) is 5.75 Å². The molecule has 1 atom stereocenters. The monoisotopic (exact) mass is 360 g/mol. The summed E-state index contributed by atoms with van der Waals surface area (Å²) in [6.45, 7) is 0.676. The third-order valence-electron chi connectivity index (χ3n) is 4.22. The molecule has 2 heterocycles. The number of primary amides is 1. The Morgan fingerprint density at radius 1 is 1.40 bits per heavy atom. The number of carbonyl (C=O) groups is 2. The molecule has 1 saturated heterocycles. The molecule has 0 aliphatic carbocycles. The van der Waals surface area contributed by atoms with E-state index in [9.17, 15) is 9.59 Å². The number of thiazole rings is 1. The molecule has 3 amide bonds. The second-order valence-corrected chi connectivity index (χ2v) is 6.71. The van der Waals surface area contributed by atoms with Crippen LogP contribution in [0.1, 0.15) is 40.7 Å². The third-order valence-corrected chi connectivity index (χ3v) is 5.09. The maximum absolute atomic E-state index is 12.8. The number of amides is 3. The van der Waals surface area contributed by atoms with Gasteiger partial charge in [-0.3, -0.25) is 4.79 Å². The molecule has 1 aromatic heterocycles. The first-order chi connectivity index (χ1) is 12.1. The van der Waals surface area contributed by atoms with Crippen LogP contribution in [0.4, 0.5) is 10.5 Å². The summed E-state index contributed by atoms with van der Waals surface area (Å²) in [5.74, 6) is -0.226. The molecule has 1 aliphatic heterocycles. The number of ether oxygens (including phenoxy) is 1. The van der Waals surface area contributed by atoms with E-state index in [0.717, 1.165) is 24.3 Å². The van der Waals surface area contributed by atoms with Crippen LogP contribution in [0.2, 0.25) is 0 Å². The lowest BCUT2D eigenvalue weighted by atomic mass is 10.0. The maximum Gasteiger partial charge on any atom is 0.322 e. The first-order valence-corrected chi connectivity index (χ1v) is 8.93. The van der Waals surface area contributed by atoms with Crippen LogP contribution in [0.15, 0.2) is 29.8 Å². The van der Waals surface area contributed by atoms with E-state index < -0.39 is 5.91 Å². The van der Waals surface area contributed by atoms with E-state index in [4.69, 9.17) is 10.5 Å². The predicted octanol–water partition coefficient (Wildman–Crippen LogP) is 3.01. The smallest absolute Gasteiger partial charge is 0.322 e. The standard InChI is InChI=1S/C17H20N4O3S/c1-24-14-6-5-11(10-12(14)15(18)22)20-17(23)21-8-3-2-4-13(21)16-19-7-9-25-16/h5-7,9-10,13H,2-4,8H2,1H3,(H2,18,22)(H,20,23)/t13-/m0/s1. The Hall–Kier alpha value is -2.61. The van der Waals surface area contributed by atoms with Crippen LogP contribution in [-0.2, 0) is 0 Å². The third kappa shape index (κ3) is 3.74. The van der Waals surface area contributed by atoms with Gasteiger partial charge in [-0.2, -0.15) is 0 Å². The normalized spacial score (nSPS) is 17.2. The highest BCUT2D eigenvalue weighted by atomic mass is 32.1. The van der Waals surface area contributed by atoms with E-state index in [-0.39, 0.29) is 17.6 Å².